The summed E-state index contributed by atoms with van der Waals surface area (Å²) in [5.41, 5.74) is 2.29. The highest BCUT2D eigenvalue weighted by atomic mass is 19.1. The van der Waals surface area contributed by atoms with E-state index in [1.807, 2.05) is 37.1 Å². The van der Waals surface area contributed by atoms with Crippen molar-refractivity contribution in [1.29, 1.82) is 0 Å². The molecule has 0 fully saturated rings. The summed E-state index contributed by atoms with van der Waals surface area (Å²) in [5, 5.41) is 0. The number of nitrogens with zero attached hydrogens (tertiary/aromatic N) is 4. The summed E-state index contributed by atoms with van der Waals surface area (Å²) in [4.78, 5) is 28.2. The number of aryl methyl sites for hydroxylation is 1. The summed E-state index contributed by atoms with van der Waals surface area (Å²) >= 11 is 0. The quantitative estimate of drug-likeness (QED) is 0.417. The Morgan fingerprint density at radius 3 is 2.52 bits per heavy atom. The monoisotopic (exact) mass is 450 g/mol. The van der Waals surface area contributed by atoms with Crippen molar-refractivity contribution < 1.29 is 13.9 Å². The van der Waals surface area contributed by atoms with Crippen LogP contribution in [0.4, 0.5) is 4.39 Å². The molecule has 0 radical (unpaired) electrons. The molecule has 2 unspecified atom stereocenters. The molecule has 1 amide bonds. The Morgan fingerprint density at radius 2 is 1.88 bits per heavy atom. The number of hydrogen-bond donors (Lipinski definition) is 0. The average Bonchev–Trinajstić information content (AvgIpc) is 2.84. The Kier molecular flexibility index (Phi) is 8.46. The Hall–Kier alpha value is -3.35. The van der Waals surface area contributed by atoms with E-state index in [1.54, 1.807) is 18.5 Å². The van der Waals surface area contributed by atoms with Gasteiger partial charge in [-0.1, -0.05) is 38.0 Å². The molecule has 0 aliphatic heterocycles. The van der Waals surface area contributed by atoms with E-state index in [1.165, 1.54) is 12.1 Å². The number of carbonyl (C=O) groups is 1. The number of halogens is 1. The highest BCUT2D eigenvalue weighted by Gasteiger charge is 2.29. The lowest BCUT2D eigenvalue weighted by molar-refractivity contribution is 0.0604. The molecule has 0 spiro atoms. The predicted molar refractivity (Wildman–Crippen MR) is 126 cm³/mol. The third-order valence-electron chi connectivity index (χ3n) is 5.80. The lowest BCUT2D eigenvalue weighted by atomic mass is 9.91. The molecular weight excluding hydrogens is 419 g/mol. The third kappa shape index (κ3) is 6.12. The number of rotatable bonds is 10. The maximum absolute atomic E-state index is 13.7. The van der Waals surface area contributed by atoms with Crippen LogP contribution in [-0.4, -0.2) is 45.5 Å². The van der Waals surface area contributed by atoms with Crippen LogP contribution in [0.2, 0.25) is 0 Å². The first-order valence-electron chi connectivity index (χ1n) is 11.3. The molecular formula is C26H31FN4O2. The third-order valence-corrected chi connectivity index (χ3v) is 5.80. The number of pyridine rings is 1. The van der Waals surface area contributed by atoms with Crippen molar-refractivity contribution >= 4 is 5.91 Å². The van der Waals surface area contributed by atoms with Crippen LogP contribution < -0.4 is 4.74 Å². The van der Waals surface area contributed by atoms with Crippen molar-refractivity contribution in [3.8, 4) is 17.3 Å². The average molecular weight is 451 g/mol. The van der Waals surface area contributed by atoms with Crippen molar-refractivity contribution in [2.24, 2.45) is 5.92 Å². The van der Waals surface area contributed by atoms with Gasteiger partial charge < -0.3 is 9.64 Å². The number of hydrogen-bond acceptors (Lipinski definition) is 5. The number of carbonyl (C=O) groups excluding carboxylic acids is 1. The van der Waals surface area contributed by atoms with E-state index in [0.717, 1.165) is 31.0 Å². The molecule has 174 valence electrons. The van der Waals surface area contributed by atoms with Crippen molar-refractivity contribution in [2.45, 2.75) is 46.1 Å². The first-order valence-corrected chi connectivity index (χ1v) is 11.3. The van der Waals surface area contributed by atoms with Crippen LogP contribution in [0.25, 0.3) is 11.4 Å². The largest absolute Gasteiger partial charge is 0.477 e. The molecule has 0 saturated heterocycles. The zero-order valence-electron chi connectivity index (χ0n) is 19.7. The van der Waals surface area contributed by atoms with Crippen molar-refractivity contribution in [3.63, 3.8) is 0 Å². The molecule has 7 heteroatoms. The van der Waals surface area contributed by atoms with E-state index in [2.05, 4.69) is 28.8 Å². The predicted octanol–water partition coefficient (Wildman–Crippen LogP) is 5.33. The van der Waals surface area contributed by atoms with E-state index in [4.69, 9.17) is 4.74 Å². The molecule has 0 saturated carbocycles. The molecule has 1 aromatic carbocycles. The second-order valence-corrected chi connectivity index (χ2v) is 8.19. The van der Waals surface area contributed by atoms with E-state index < -0.39 is 5.82 Å². The van der Waals surface area contributed by atoms with Crippen molar-refractivity contribution in [2.75, 3.05) is 13.7 Å². The van der Waals surface area contributed by atoms with Crippen LogP contribution in [0, 0.1) is 18.7 Å². The van der Waals surface area contributed by atoms with Crippen LogP contribution in [0.15, 0.2) is 55.0 Å². The molecule has 0 bridgehead atoms. The minimum atomic E-state index is -0.402. The number of amides is 1. The molecule has 2 aromatic heterocycles. The first kappa shape index (κ1) is 24.3. The summed E-state index contributed by atoms with van der Waals surface area (Å²) in [7, 11) is 1.84. The fraction of sp³-hybridized carbons (Fsp3) is 0.385. The van der Waals surface area contributed by atoms with Gasteiger partial charge in [0.05, 0.1) is 18.4 Å². The molecule has 3 rings (SSSR count). The van der Waals surface area contributed by atoms with Crippen LogP contribution in [0.3, 0.4) is 0 Å². The Balaban J connectivity index is 1.84. The second kappa shape index (κ2) is 11.5. The minimum Gasteiger partial charge on any atom is -0.477 e. The van der Waals surface area contributed by atoms with Gasteiger partial charge in [0.25, 0.3) is 5.91 Å². The van der Waals surface area contributed by atoms with E-state index >= 15 is 0 Å². The highest BCUT2D eigenvalue weighted by molar-refractivity contribution is 6.00. The molecule has 0 aliphatic carbocycles. The molecule has 3 aromatic rings. The van der Waals surface area contributed by atoms with Gasteiger partial charge in [0.15, 0.2) is 5.82 Å². The maximum atomic E-state index is 13.7. The van der Waals surface area contributed by atoms with Gasteiger partial charge in [-0.15, -0.1) is 0 Å². The van der Waals surface area contributed by atoms with Gasteiger partial charge in [-0.05, 0) is 38.0 Å². The SMILES string of the molecule is CCCC(COc1ccc(F)cn1)C(CC)N(C)C(=O)c1cc(C)ccc1-c1ncccn1. The normalized spacial score (nSPS) is 12.8. The zero-order chi connectivity index (χ0) is 23.8. The number of ether oxygens (including phenoxy) is 1. The van der Waals surface area contributed by atoms with Gasteiger partial charge >= 0.3 is 0 Å². The standard InChI is InChI=1S/C26H31FN4O2/c1-5-8-19(17-33-24-12-10-20(27)16-30-24)23(6-2)31(4)26(32)22-15-18(3)9-11-21(22)25-28-13-7-14-29-25/h7,9-16,19,23H,5-6,8,17H2,1-4H3. The van der Waals surface area contributed by atoms with Gasteiger partial charge in [-0.25, -0.2) is 19.3 Å². The Labute approximate surface area is 194 Å². The maximum Gasteiger partial charge on any atom is 0.254 e. The molecule has 2 atom stereocenters. The molecule has 33 heavy (non-hydrogen) atoms. The topological polar surface area (TPSA) is 68.2 Å². The van der Waals surface area contributed by atoms with E-state index in [-0.39, 0.29) is 17.9 Å². The number of benzene rings is 1. The summed E-state index contributed by atoms with van der Waals surface area (Å²) in [6, 6.07) is 10.3. The van der Waals surface area contributed by atoms with Crippen LogP contribution in [0.5, 0.6) is 5.88 Å². The summed E-state index contributed by atoms with van der Waals surface area (Å²) in [6.07, 6.45) is 7.11. The van der Waals surface area contributed by atoms with Crippen molar-refractivity contribution in [3.05, 3.63) is 71.9 Å². The van der Waals surface area contributed by atoms with E-state index in [0.29, 0.717) is 29.4 Å². The minimum absolute atomic E-state index is 0.0389. The summed E-state index contributed by atoms with van der Waals surface area (Å²) in [6.45, 7) is 6.55. The van der Waals surface area contributed by atoms with Gasteiger partial charge in [-0.2, -0.15) is 0 Å². The van der Waals surface area contributed by atoms with Gasteiger partial charge in [-0.3, -0.25) is 4.79 Å². The van der Waals surface area contributed by atoms with Gasteiger partial charge in [0, 0.05) is 43.0 Å². The second-order valence-electron chi connectivity index (χ2n) is 8.19. The Morgan fingerprint density at radius 1 is 1.12 bits per heavy atom. The van der Waals surface area contributed by atoms with Gasteiger partial charge in [0.2, 0.25) is 5.88 Å². The lowest BCUT2D eigenvalue weighted by Gasteiger charge is -2.34. The lowest BCUT2D eigenvalue weighted by Crippen LogP contribution is -2.43. The van der Waals surface area contributed by atoms with Gasteiger partial charge in [0.1, 0.15) is 5.82 Å². The summed E-state index contributed by atoms with van der Waals surface area (Å²) < 4.78 is 19.0. The summed E-state index contributed by atoms with van der Waals surface area (Å²) in [5.74, 6) is 0.526. The highest BCUT2D eigenvalue weighted by Crippen LogP contribution is 2.27. The van der Waals surface area contributed by atoms with Crippen molar-refractivity contribution in [1.82, 2.24) is 19.9 Å². The molecule has 0 N–H and O–H groups in total. The van der Waals surface area contributed by atoms with Crippen LogP contribution in [-0.2, 0) is 0 Å². The van der Waals surface area contributed by atoms with Crippen LogP contribution >= 0.6 is 0 Å². The molecule has 2 heterocycles. The Bertz CT molecular complexity index is 1040. The van der Waals surface area contributed by atoms with Crippen LogP contribution in [0.1, 0.15) is 49.0 Å². The fourth-order valence-electron chi connectivity index (χ4n) is 4.13. The molecule has 6 nitrogen and oxygen atoms in total. The van der Waals surface area contributed by atoms with E-state index in [9.17, 15) is 9.18 Å². The zero-order valence-corrected chi connectivity index (χ0v) is 19.7. The molecule has 0 aliphatic rings. The number of aromatic nitrogens is 3. The fourth-order valence-corrected chi connectivity index (χ4v) is 4.13. The first-order chi connectivity index (χ1) is 15.9. The smallest absolute Gasteiger partial charge is 0.254 e.